The summed E-state index contributed by atoms with van der Waals surface area (Å²) in [4.78, 5) is 15.5. The van der Waals surface area contributed by atoms with Crippen LogP contribution in [-0.4, -0.2) is 35.6 Å². The van der Waals surface area contributed by atoms with Crippen LogP contribution < -0.4 is 0 Å². The molecule has 3 heterocycles. The second kappa shape index (κ2) is 3.91. The molecule has 0 fully saturated rings. The highest BCUT2D eigenvalue weighted by atomic mass is 16.4. The molecule has 0 saturated carbocycles. The fourth-order valence-corrected chi connectivity index (χ4v) is 2.18. The molecule has 0 bridgehead atoms. The highest BCUT2D eigenvalue weighted by Gasteiger charge is 2.20. The van der Waals surface area contributed by atoms with Crippen LogP contribution in [0.15, 0.2) is 24.5 Å². The zero-order chi connectivity index (χ0) is 13.6. The lowest BCUT2D eigenvalue weighted by Crippen LogP contribution is -2.00. The summed E-state index contributed by atoms with van der Waals surface area (Å²) in [5.41, 5.74) is 2.12. The average molecular weight is 257 g/mol. The summed E-state index contributed by atoms with van der Waals surface area (Å²) < 4.78 is 3.16. The van der Waals surface area contributed by atoms with Crippen molar-refractivity contribution in [3.63, 3.8) is 0 Å². The van der Waals surface area contributed by atoms with Crippen molar-refractivity contribution in [2.75, 3.05) is 0 Å². The highest BCUT2D eigenvalue weighted by Crippen LogP contribution is 2.29. The van der Waals surface area contributed by atoms with Crippen LogP contribution in [0, 0.1) is 0 Å². The molecule has 1 N–H and O–H groups in total. The second-order valence-corrected chi connectivity index (χ2v) is 4.17. The van der Waals surface area contributed by atoms with E-state index in [4.69, 9.17) is 0 Å². The molecule has 0 radical (unpaired) electrons. The van der Waals surface area contributed by atoms with Gasteiger partial charge in [0.15, 0.2) is 11.3 Å². The lowest BCUT2D eigenvalue weighted by Gasteiger charge is -2.04. The van der Waals surface area contributed by atoms with Crippen molar-refractivity contribution in [2.24, 2.45) is 14.1 Å². The van der Waals surface area contributed by atoms with Gasteiger partial charge in [-0.2, -0.15) is 10.2 Å². The summed E-state index contributed by atoms with van der Waals surface area (Å²) in [6.45, 7) is 0. The van der Waals surface area contributed by atoms with E-state index in [0.717, 1.165) is 11.3 Å². The zero-order valence-electron chi connectivity index (χ0n) is 10.4. The third-order valence-corrected chi connectivity index (χ3v) is 3.02. The van der Waals surface area contributed by atoms with Gasteiger partial charge in [-0.15, -0.1) is 0 Å². The van der Waals surface area contributed by atoms with Gasteiger partial charge in [-0.3, -0.25) is 4.68 Å². The first-order valence-corrected chi connectivity index (χ1v) is 5.63. The molecule has 3 aromatic rings. The normalized spacial score (nSPS) is 11.1. The largest absolute Gasteiger partial charge is 0.476 e. The molecule has 0 aromatic carbocycles. The predicted molar refractivity (Wildman–Crippen MR) is 67.7 cm³/mol. The highest BCUT2D eigenvalue weighted by molar-refractivity contribution is 6.06. The average Bonchev–Trinajstić information content (AvgIpc) is 2.94. The smallest absolute Gasteiger partial charge is 0.357 e. The fraction of sp³-hybridized carbons (Fsp3) is 0.167. The maximum Gasteiger partial charge on any atom is 0.357 e. The van der Waals surface area contributed by atoms with Crippen LogP contribution in [0.5, 0.6) is 0 Å². The molecule has 0 aliphatic heterocycles. The Morgan fingerprint density at radius 2 is 2.00 bits per heavy atom. The first-order valence-electron chi connectivity index (χ1n) is 5.63. The summed E-state index contributed by atoms with van der Waals surface area (Å²) in [5, 5.41) is 17.9. The summed E-state index contributed by atoms with van der Waals surface area (Å²) in [6, 6.07) is 3.60. The molecule has 0 amide bonds. The Kier molecular flexibility index (Phi) is 2.34. The molecule has 7 heteroatoms. The molecule has 0 atom stereocenters. The van der Waals surface area contributed by atoms with Crippen LogP contribution in [0.25, 0.3) is 22.3 Å². The SMILES string of the molecule is Cn1nccc1-c1ccnc2c1c(C(=O)O)nn2C. The molecule has 0 spiro atoms. The number of nitrogens with zero attached hydrogens (tertiary/aromatic N) is 5. The molecule has 0 unspecified atom stereocenters. The summed E-state index contributed by atoms with van der Waals surface area (Å²) in [6.07, 6.45) is 3.30. The van der Waals surface area contributed by atoms with E-state index in [-0.39, 0.29) is 5.69 Å². The van der Waals surface area contributed by atoms with Crippen LogP contribution >= 0.6 is 0 Å². The van der Waals surface area contributed by atoms with Crippen molar-refractivity contribution in [1.82, 2.24) is 24.5 Å². The lowest BCUT2D eigenvalue weighted by molar-refractivity contribution is 0.0691. The Balaban J connectivity index is 2.43. The number of aromatic nitrogens is 5. The van der Waals surface area contributed by atoms with Crippen molar-refractivity contribution in [2.45, 2.75) is 0 Å². The Morgan fingerprint density at radius 3 is 2.63 bits per heavy atom. The number of hydrogen-bond donors (Lipinski definition) is 1. The molecular formula is C12H11N5O2. The molecule has 96 valence electrons. The van der Waals surface area contributed by atoms with Gasteiger partial charge in [-0.25, -0.2) is 14.5 Å². The number of pyridine rings is 1. The number of rotatable bonds is 2. The van der Waals surface area contributed by atoms with Gasteiger partial charge in [-0.1, -0.05) is 0 Å². The Hall–Kier alpha value is -2.70. The van der Waals surface area contributed by atoms with E-state index in [1.54, 1.807) is 37.2 Å². The maximum absolute atomic E-state index is 11.3. The van der Waals surface area contributed by atoms with Gasteiger partial charge < -0.3 is 5.11 Å². The number of aryl methyl sites for hydroxylation is 2. The third kappa shape index (κ3) is 1.59. The van der Waals surface area contributed by atoms with Gasteiger partial charge in [0.05, 0.1) is 11.1 Å². The molecular weight excluding hydrogens is 246 g/mol. The quantitative estimate of drug-likeness (QED) is 0.742. The lowest BCUT2D eigenvalue weighted by atomic mass is 10.1. The summed E-state index contributed by atoms with van der Waals surface area (Å²) in [7, 11) is 3.48. The van der Waals surface area contributed by atoms with Crippen molar-refractivity contribution in [3.05, 3.63) is 30.2 Å². The molecule has 19 heavy (non-hydrogen) atoms. The summed E-state index contributed by atoms with van der Waals surface area (Å²) in [5.74, 6) is -1.07. The molecule has 3 rings (SSSR count). The van der Waals surface area contributed by atoms with Crippen LogP contribution in [0.2, 0.25) is 0 Å². The van der Waals surface area contributed by atoms with E-state index < -0.39 is 5.97 Å². The minimum atomic E-state index is -1.07. The minimum Gasteiger partial charge on any atom is -0.476 e. The van der Waals surface area contributed by atoms with Gasteiger partial charge in [-0.05, 0) is 12.1 Å². The number of carbonyl (C=O) groups is 1. The van der Waals surface area contributed by atoms with Gasteiger partial charge in [0.1, 0.15) is 0 Å². The van der Waals surface area contributed by atoms with Crippen LogP contribution in [0.1, 0.15) is 10.5 Å². The van der Waals surface area contributed by atoms with E-state index in [2.05, 4.69) is 15.2 Å². The molecule has 0 aliphatic carbocycles. The van der Waals surface area contributed by atoms with E-state index in [1.165, 1.54) is 4.68 Å². The van der Waals surface area contributed by atoms with Crippen LogP contribution in [-0.2, 0) is 14.1 Å². The predicted octanol–water partition coefficient (Wildman–Crippen LogP) is 1.07. The second-order valence-electron chi connectivity index (χ2n) is 4.17. The monoisotopic (exact) mass is 257 g/mol. The van der Waals surface area contributed by atoms with Crippen molar-refractivity contribution in [3.8, 4) is 11.3 Å². The van der Waals surface area contributed by atoms with Gasteiger partial charge in [0, 0.05) is 32.1 Å². The van der Waals surface area contributed by atoms with E-state index in [9.17, 15) is 9.90 Å². The molecule has 0 aliphatic rings. The van der Waals surface area contributed by atoms with Crippen LogP contribution in [0.3, 0.4) is 0 Å². The van der Waals surface area contributed by atoms with E-state index in [0.29, 0.717) is 11.0 Å². The summed E-state index contributed by atoms with van der Waals surface area (Å²) >= 11 is 0. The molecule has 3 aromatic heterocycles. The molecule has 7 nitrogen and oxygen atoms in total. The Bertz CT molecular complexity index is 787. The minimum absolute atomic E-state index is 0.00167. The number of carboxylic acids is 1. The van der Waals surface area contributed by atoms with E-state index in [1.807, 2.05) is 6.07 Å². The molecule has 0 saturated heterocycles. The standard InChI is InChI=1S/C12H11N5O2/c1-16-8(4-6-14-16)7-3-5-13-11-9(7)10(12(18)19)15-17(11)2/h3-6H,1-2H3,(H,18,19). The number of fused-ring (bicyclic) bond motifs is 1. The van der Waals surface area contributed by atoms with E-state index >= 15 is 0 Å². The van der Waals surface area contributed by atoms with Crippen LogP contribution in [0.4, 0.5) is 0 Å². The van der Waals surface area contributed by atoms with Crippen molar-refractivity contribution in [1.29, 1.82) is 0 Å². The number of carboxylic acid groups (broad SMARTS) is 1. The van der Waals surface area contributed by atoms with Gasteiger partial charge >= 0.3 is 5.97 Å². The van der Waals surface area contributed by atoms with Gasteiger partial charge in [0.2, 0.25) is 0 Å². The third-order valence-electron chi connectivity index (χ3n) is 3.02. The maximum atomic E-state index is 11.3. The number of aromatic carboxylic acids is 1. The fourth-order valence-electron chi connectivity index (χ4n) is 2.18. The number of hydrogen-bond acceptors (Lipinski definition) is 4. The van der Waals surface area contributed by atoms with Crippen molar-refractivity contribution >= 4 is 17.0 Å². The first-order chi connectivity index (χ1) is 9.09. The topological polar surface area (TPSA) is 85.8 Å². The van der Waals surface area contributed by atoms with Crippen molar-refractivity contribution < 1.29 is 9.90 Å². The zero-order valence-corrected chi connectivity index (χ0v) is 10.4. The van der Waals surface area contributed by atoms with Gasteiger partial charge in [0.25, 0.3) is 0 Å². The Labute approximate surface area is 108 Å². The first kappa shape index (κ1) is 11.4. The Morgan fingerprint density at radius 1 is 1.21 bits per heavy atom.